The Morgan fingerprint density at radius 3 is 2.31 bits per heavy atom. The van der Waals surface area contributed by atoms with Crippen LogP contribution in [-0.4, -0.2) is 30.1 Å². The van der Waals surface area contributed by atoms with E-state index in [1.54, 1.807) is 4.90 Å². The zero-order valence-electron chi connectivity index (χ0n) is 8.50. The summed E-state index contributed by atoms with van der Waals surface area (Å²) in [5, 5.41) is 11.3. The average molecular weight is 183 g/mol. The van der Waals surface area contributed by atoms with Crippen LogP contribution in [-0.2, 0) is 0 Å². The van der Waals surface area contributed by atoms with Gasteiger partial charge in [0.25, 0.3) is 0 Å². The number of carbonyl (C=O) groups excluding carboxylic acids is 1. The summed E-state index contributed by atoms with van der Waals surface area (Å²) in [5.41, 5.74) is 0. The van der Waals surface area contributed by atoms with Gasteiger partial charge in [-0.05, 0) is 20.3 Å². The molecular weight excluding hydrogens is 166 g/mol. The maximum Gasteiger partial charge on any atom is 0.318 e. The van der Waals surface area contributed by atoms with Crippen LogP contribution in [0, 0.1) is 11.3 Å². The molecule has 13 heavy (non-hydrogen) atoms. The fourth-order valence-electron chi connectivity index (χ4n) is 0.977. The lowest BCUT2D eigenvalue weighted by atomic mass is 10.2. The van der Waals surface area contributed by atoms with Crippen molar-refractivity contribution in [2.75, 3.05) is 13.1 Å². The Labute approximate surface area is 79.5 Å². The first kappa shape index (κ1) is 11.8. The molecule has 74 valence electrons. The molecule has 4 nitrogen and oxygen atoms in total. The van der Waals surface area contributed by atoms with Gasteiger partial charge in [0.15, 0.2) is 0 Å². The van der Waals surface area contributed by atoms with Crippen LogP contribution in [0.3, 0.4) is 0 Å². The summed E-state index contributed by atoms with van der Waals surface area (Å²) >= 11 is 0. The Bertz CT molecular complexity index is 194. The van der Waals surface area contributed by atoms with E-state index in [0.29, 0.717) is 19.5 Å². The molecule has 0 fully saturated rings. The third kappa shape index (κ3) is 3.79. The summed E-state index contributed by atoms with van der Waals surface area (Å²) in [5.74, 6) is 0. The predicted octanol–water partition coefficient (Wildman–Crippen LogP) is 1.34. The molecule has 0 aromatic carbocycles. The maximum atomic E-state index is 11.4. The van der Waals surface area contributed by atoms with Crippen molar-refractivity contribution in [1.29, 1.82) is 5.26 Å². The summed E-state index contributed by atoms with van der Waals surface area (Å²) in [4.78, 5) is 13.0. The molecule has 0 saturated heterocycles. The normalized spacial score (nSPS) is 11.5. The highest BCUT2D eigenvalue weighted by Crippen LogP contribution is 1.93. The van der Waals surface area contributed by atoms with Crippen LogP contribution in [0.5, 0.6) is 0 Å². The van der Waals surface area contributed by atoms with Crippen molar-refractivity contribution < 1.29 is 4.79 Å². The average Bonchev–Trinajstić information content (AvgIpc) is 2.16. The number of hydrogen-bond donors (Lipinski definition) is 1. The number of nitrogens with zero attached hydrogens (tertiary/aromatic N) is 2. The lowest BCUT2D eigenvalue weighted by Gasteiger charge is -2.20. The molecule has 0 spiro atoms. The first-order valence-corrected chi connectivity index (χ1v) is 4.64. The zero-order chi connectivity index (χ0) is 10.3. The van der Waals surface area contributed by atoms with Gasteiger partial charge in [-0.2, -0.15) is 5.26 Å². The number of nitrogens with one attached hydrogen (secondary N) is 1. The van der Waals surface area contributed by atoms with Gasteiger partial charge in [-0.1, -0.05) is 6.92 Å². The number of urea groups is 1. The molecule has 2 amide bonds. The summed E-state index contributed by atoms with van der Waals surface area (Å²) < 4.78 is 0. The van der Waals surface area contributed by atoms with E-state index in [0.717, 1.165) is 0 Å². The van der Waals surface area contributed by atoms with E-state index in [-0.39, 0.29) is 12.1 Å². The van der Waals surface area contributed by atoms with Gasteiger partial charge < -0.3 is 10.2 Å². The summed E-state index contributed by atoms with van der Waals surface area (Å²) in [6.07, 6.45) is 0.642. The molecule has 0 heterocycles. The van der Waals surface area contributed by atoms with Gasteiger partial charge in [-0.3, -0.25) is 0 Å². The van der Waals surface area contributed by atoms with Crippen molar-refractivity contribution in [1.82, 2.24) is 10.2 Å². The SMILES string of the molecule is CCC(C#N)NC(=O)N(CC)CC. The highest BCUT2D eigenvalue weighted by atomic mass is 16.2. The van der Waals surface area contributed by atoms with E-state index in [1.807, 2.05) is 26.8 Å². The third-order valence-corrected chi connectivity index (χ3v) is 1.91. The van der Waals surface area contributed by atoms with E-state index >= 15 is 0 Å². The molecule has 0 aromatic rings. The first-order valence-electron chi connectivity index (χ1n) is 4.64. The standard InChI is InChI=1S/C9H17N3O/c1-4-8(7-10)11-9(13)12(5-2)6-3/h8H,4-6H2,1-3H3,(H,11,13). The molecule has 1 atom stereocenters. The minimum Gasteiger partial charge on any atom is -0.325 e. The summed E-state index contributed by atoms with van der Waals surface area (Å²) in [6, 6.07) is 1.51. The fourth-order valence-corrected chi connectivity index (χ4v) is 0.977. The molecule has 0 aromatic heterocycles. The van der Waals surface area contributed by atoms with Gasteiger partial charge in [0, 0.05) is 13.1 Å². The first-order chi connectivity index (χ1) is 6.19. The van der Waals surface area contributed by atoms with E-state index in [9.17, 15) is 4.79 Å². The molecule has 0 bridgehead atoms. The van der Waals surface area contributed by atoms with Gasteiger partial charge in [0.1, 0.15) is 6.04 Å². The quantitative estimate of drug-likeness (QED) is 0.715. The molecule has 4 heteroatoms. The lowest BCUT2D eigenvalue weighted by Crippen LogP contribution is -2.44. The zero-order valence-corrected chi connectivity index (χ0v) is 8.50. The molecule has 0 aliphatic heterocycles. The Balaban J connectivity index is 4.05. The molecule has 1 N–H and O–H groups in total. The minimum atomic E-state index is -0.368. The Morgan fingerprint density at radius 1 is 1.46 bits per heavy atom. The predicted molar refractivity (Wildman–Crippen MR) is 51.1 cm³/mol. The van der Waals surface area contributed by atoms with Crippen LogP contribution in [0.25, 0.3) is 0 Å². The largest absolute Gasteiger partial charge is 0.325 e. The van der Waals surface area contributed by atoms with Crippen molar-refractivity contribution in [2.45, 2.75) is 33.2 Å². The Kier molecular flexibility index (Phi) is 5.69. The molecule has 0 saturated carbocycles. The fraction of sp³-hybridized carbons (Fsp3) is 0.778. The monoisotopic (exact) mass is 183 g/mol. The van der Waals surface area contributed by atoms with Crippen molar-refractivity contribution in [3.05, 3.63) is 0 Å². The number of rotatable bonds is 4. The molecular formula is C9H17N3O. The molecule has 0 aliphatic rings. The van der Waals surface area contributed by atoms with Gasteiger partial charge in [0.05, 0.1) is 6.07 Å². The van der Waals surface area contributed by atoms with Gasteiger partial charge in [-0.25, -0.2) is 4.79 Å². The van der Waals surface area contributed by atoms with Crippen LogP contribution < -0.4 is 5.32 Å². The lowest BCUT2D eigenvalue weighted by molar-refractivity contribution is 0.201. The second-order valence-electron chi connectivity index (χ2n) is 2.71. The molecule has 0 aliphatic carbocycles. The van der Waals surface area contributed by atoms with Crippen LogP contribution in [0.4, 0.5) is 4.79 Å². The van der Waals surface area contributed by atoms with Crippen molar-refractivity contribution >= 4 is 6.03 Å². The number of hydrogen-bond acceptors (Lipinski definition) is 2. The maximum absolute atomic E-state index is 11.4. The van der Waals surface area contributed by atoms with Gasteiger partial charge in [-0.15, -0.1) is 0 Å². The molecule has 0 rings (SSSR count). The van der Waals surface area contributed by atoms with Crippen LogP contribution in [0.1, 0.15) is 27.2 Å². The van der Waals surface area contributed by atoms with Crippen molar-refractivity contribution in [3.8, 4) is 6.07 Å². The highest BCUT2D eigenvalue weighted by Gasteiger charge is 2.12. The molecule has 0 radical (unpaired) electrons. The number of carbonyl (C=O) groups is 1. The van der Waals surface area contributed by atoms with E-state index in [4.69, 9.17) is 5.26 Å². The van der Waals surface area contributed by atoms with Crippen LogP contribution >= 0.6 is 0 Å². The van der Waals surface area contributed by atoms with E-state index < -0.39 is 0 Å². The molecule has 1 unspecified atom stereocenters. The topological polar surface area (TPSA) is 56.1 Å². The highest BCUT2D eigenvalue weighted by molar-refractivity contribution is 5.74. The van der Waals surface area contributed by atoms with Gasteiger partial charge in [0.2, 0.25) is 0 Å². The van der Waals surface area contributed by atoms with E-state index in [1.165, 1.54) is 0 Å². The van der Waals surface area contributed by atoms with E-state index in [2.05, 4.69) is 5.32 Å². The van der Waals surface area contributed by atoms with Crippen molar-refractivity contribution in [3.63, 3.8) is 0 Å². The second kappa shape index (κ2) is 6.30. The summed E-state index contributed by atoms with van der Waals surface area (Å²) in [6.45, 7) is 7.04. The Hall–Kier alpha value is -1.24. The number of amides is 2. The van der Waals surface area contributed by atoms with Crippen LogP contribution in [0.15, 0.2) is 0 Å². The Morgan fingerprint density at radius 2 is 2.00 bits per heavy atom. The summed E-state index contributed by atoms with van der Waals surface area (Å²) in [7, 11) is 0. The van der Waals surface area contributed by atoms with Crippen LogP contribution in [0.2, 0.25) is 0 Å². The smallest absolute Gasteiger partial charge is 0.318 e. The van der Waals surface area contributed by atoms with Gasteiger partial charge >= 0.3 is 6.03 Å². The number of nitriles is 1. The second-order valence-corrected chi connectivity index (χ2v) is 2.71. The van der Waals surface area contributed by atoms with Crippen molar-refractivity contribution in [2.24, 2.45) is 0 Å². The minimum absolute atomic E-state index is 0.154. The third-order valence-electron chi connectivity index (χ3n) is 1.91.